The predicted octanol–water partition coefficient (Wildman–Crippen LogP) is 4.02. The number of nitrogens with zero attached hydrogens (tertiary/aromatic N) is 3. The van der Waals surface area contributed by atoms with Crippen LogP contribution in [0.2, 0.25) is 0 Å². The van der Waals surface area contributed by atoms with Crippen molar-refractivity contribution >= 4 is 29.3 Å². The van der Waals surface area contributed by atoms with Crippen molar-refractivity contribution in [3.8, 4) is 0 Å². The molecule has 3 aromatic rings. The molecule has 0 aliphatic heterocycles. The number of aromatic nitrogens is 3. The maximum Gasteiger partial charge on any atom is 0.251 e. The van der Waals surface area contributed by atoms with Crippen LogP contribution in [0.4, 0.5) is 10.1 Å². The number of rotatable bonds is 8. The molecule has 7 nitrogen and oxygen atoms in total. The molecule has 1 aromatic heterocycles. The highest BCUT2D eigenvalue weighted by Crippen LogP contribution is 2.23. The zero-order valence-corrected chi connectivity index (χ0v) is 19.3. The number of aryl methyl sites for hydroxylation is 3. The van der Waals surface area contributed by atoms with Crippen LogP contribution in [0.1, 0.15) is 39.8 Å². The number of nitrogens with one attached hydrogen (secondary N) is 2. The van der Waals surface area contributed by atoms with Gasteiger partial charge in [-0.2, -0.15) is 0 Å². The summed E-state index contributed by atoms with van der Waals surface area (Å²) in [6, 6.07) is 9.40. The first-order chi connectivity index (χ1) is 15.3. The molecule has 9 heteroatoms. The highest BCUT2D eigenvalue weighted by Gasteiger charge is 2.15. The van der Waals surface area contributed by atoms with Crippen LogP contribution in [-0.4, -0.2) is 32.3 Å². The molecule has 0 unspecified atom stereocenters. The monoisotopic (exact) mass is 455 g/mol. The number of hydrogen-bond acceptors (Lipinski definition) is 5. The van der Waals surface area contributed by atoms with E-state index < -0.39 is 5.82 Å². The molecule has 32 heavy (non-hydrogen) atoms. The van der Waals surface area contributed by atoms with Crippen molar-refractivity contribution in [1.82, 2.24) is 20.1 Å². The predicted molar refractivity (Wildman–Crippen MR) is 123 cm³/mol. The van der Waals surface area contributed by atoms with E-state index in [2.05, 4.69) is 20.8 Å². The van der Waals surface area contributed by atoms with E-state index in [1.54, 1.807) is 0 Å². The Balaban J connectivity index is 1.59. The summed E-state index contributed by atoms with van der Waals surface area (Å²) in [5.74, 6) is -0.0796. The van der Waals surface area contributed by atoms with Crippen molar-refractivity contribution in [2.45, 2.75) is 45.9 Å². The number of carbonyl (C=O) groups excluding carboxylic acids is 2. The Morgan fingerprint density at radius 1 is 1.06 bits per heavy atom. The fourth-order valence-electron chi connectivity index (χ4n) is 3.42. The van der Waals surface area contributed by atoms with Gasteiger partial charge < -0.3 is 15.2 Å². The second-order valence-corrected chi connectivity index (χ2v) is 8.39. The van der Waals surface area contributed by atoms with E-state index in [4.69, 9.17) is 0 Å². The Morgan fingerprint density at radius 2 is 1.72 bits per heavy atom. The first-order valence-electron chi connectivity index (χ1n) is 10.2. The summed E-state index contributed by atoms with van der Waals surface area (Å²) < 4.78 is 14.9. The van der Waals surface area contributed by atoms with Gasteiger partial charge in [0.05, 0.1) is 12.3 Å². The summed E-state index contributed by atoms with van der Waals surface area (Å²) in [5.41, 5.74) is 4.40. The number of halogens is 1. The van der Waals surface area contributed by atoms with Crippen LogP contribution >= 0.6 is 11.8 Å². The SMILES string of the molecule is CCn1c(CNC(=O)c2ccc(F)cc2)nnc1SCC(=O)Nc1c(C)cc(C)cc1C. The maximum atomic E-state index is 13.0. The molecular weight excluding hydrogens is 429 g/mol. The minimum atomic E-state index is -0.398. The van der Waals surface area contributed by atoms with Crippen LogP contribution in [0.3, 0.4) is 0 Å². The van der Waals surface area contributed by atoms with Crippen molar-refractivity contribution in [2.75, 3.05) is 11.1 Å². The van der Waals surface area contributed by atoms with Gasteiger partial charge in [0.2, 0.25) is 5.91 Å². The highest BCUT2D eigenvalue weighted by molar-refractivity contribution is 7.99. The molecule has 2 aromatic carbocycles. The van der Waals surface area contributed by atoms with Crippen molar-refractivity contribution in [3.05, 3.63) is 70.3 Å². The quantitative estimate of drug-likeness (QED) is 0.501. The second-order valence-electron chi connectivity index (χ2n) is 7.44. The Kier molecular flexibility index (Phi) is 7.63. The van der Waals surface area contributed by atoms with E-state index in [1.807, 2.05) is 44.4 Å². The lowest BCUT2D eigenvalue weighted by Gasteiger charge is -2.13. The topological polar surface area (TPSA) is 88.9 Å². The van der Waals surface area contributed by atoms with Crippen molar-refractivity contribution < 1.29 is 14.0 Å². The zero-order valence-electron chi connectivity index (χ0n) is 18.5. The Hall–Kier alpha value is -3.20. The van der Waals surface area contributed by atoms with Crippen LogP contribution in [-0.2, 0) is 17.9 Å². The van der Waals surface area contributed by atoms with Gasteiger partial charge in [-0.05, 0) is 63.1 Å². The minimum absolute atomic E-state index is 0.123. The highest BCUT2D eigenvalue weighted by atomic mass is 32.2. The molecule has 0 bridgehead atoms. The first kappa shape index (κ1) is 23.5. The summed E-state index contributed by atoms with van der Waals surface area (Å²) in [5, 5.41) is 14.7. The van der Waals surface area contributed by atoms with Crippen LogP contribution in [0.15, 0.2) is 41.6 Å². The maximum absolute atomic E-state index is 13.0. The summed E-state index contributed by atoms with van der Waals surface area (Å²) in [7, 11) is 0. The molecule has 0 atom stereocenters. The number of hydrogen-bond donors (Lipinski definition) is 2. The first-order valence-corrected chi connectivity index (χ1v) is 11.2. The molecular formula is C23H26FN5O2S. The number of amides is 2. The largest absolute Gasteiger partial charge is 0.345 e. The molecule has 0 aliphatic rings. The lowest BCUT2D eigenvalue weighted by Crippen LogP contribution is -2.24. The van der Waals surface area contributed by atoms with Gasteiger partial charge >= 0.3 is 0 Å². The van der Waals surface area contributed by atoms with Gasteiger partial charge in [0, 0.05) is 17.8 Å². The number of anilines is 1. The Labute approximate surface area is 190 Å². The van der Waals surface area contributed by atoms with Crippen LogP contribution in [0, 0.1) is 26.6 Å². The molecule has 0 radical (unpaired) electrons. The summed E-state index contributed by atoms with van der Waals surface area (Å²) in [6.07, 6.45) is 0. The van der Waals surface area contributed by atoms with Gasteiger partial charge in [-0.3, -0.25) is 9.59 Å². The van der Waals surface area contributed by atoms with Crippen LogP contribution in [0.5, 0.6) is 0 Å². The lowest BCUT2D eigenvalue weighted by atomic mass is 10.1. The second kappa shape index (κ2) is 10.4. The molecule has 3 rings (SSSR count). The van der Waals surface area contributed by atoms with Crippen molar-refractivity contribution in [3.63, 3.8) is 0 Å². The average Bonchev–Trinajstić information content (AvgIpc) is 3.15. The molecule has 2 N–H and O–H groups in total. The zero-order chi connectivity index (χ0) is 23.3. The summed E-state index contributed by atoms with van der Waals surface area (Å²) in [6.45, 7) is 8.68. The van der Waals surface area contributed by atoms with E-state index in [1.165, 1.54) is 36.0 Å². The number of carbonyl (C=O) groups is 2. The van der Waals surface area contributed by atoms with E-state index in [0.29, 0.717) is 23.1 Å². The van der Waals surface area contributed by atoms with E-state index >= 15 is 0 Å². The van der Waals surface area contributed by atoms with E-state index in [9.17, 15) is 14.0 Å². The van der Waals surface area contributed by atoms with Gasteiger partial charge in [0.25, 0.3) is 5.91 Å². The molecule has 1 heterocycles. The van der Waals surface area contributed by atoms with Crippen molar-refractivity contribution in [2.24, 2.45) is 0 Å². The van der Waals surface area contributed by atoms with Crippen LogP contribution in [0.25, 0.3) is 0 Å². The third-order valence-corrected chi connectivity index (χ3v) is 5.86. The van der Waals surface area contributed by atoms with E-state index in [-0.39, 0.29) is 24.1 Å². The molecule has 0 fully saturated rings. The Morgan fingerprint density at radius 3 is 2.34 bits per heavy atom. The summed E-state index contributed by atoms with van der Waals surface area (Å²) in [4.78, 5) is 24.8. The summed E-state index contributed by atoms with van der Waals surface area (Å²) >= 11 is 1.29. The normalized spacial score (nSPS) is 10.8. The van der Waals surface area contributed by atoms with Gasteiger partial charge in [0.15, 0.2) is 11.0 Å². The van der Waals surface area contributed by atoms with Crippen LogP contribution < -0.4 is 10.6 Å². The average molecular weight is 456 g/mol. The van der Waals surface area contributed by atoms with Gasteiger partial charge in [-0.25, -0.2) is 4.39 Å². The lowest BCUT2D eigenvalue weighted by molar-refractivity contribution is -0.113. The Bertz CT molecular complexity index is 1100. The standard InChI is InChI=1S/C23H26FN5O2S/c1-5-29-19(12-25-22(31)17-6-8-18(24)9-7-17)27-28-23(29)32-13-20(30)26-21-15(3)10-14(2)11-16(21)4/h6-11H,5,12-13H2,1-4H3,(H,25,31)(H,26,30). The smallest absolute Gasteiger partial charge is 0.251 e. The molecule has 0 saturated carbocycles. The third kappa shape index (κ3) is 5.73. The molecule has 2 amide bonds. The molecule has 0 aliphatic carbocycles. The fraction of sp³-hybridized carbons (Fsp3) is 0.304. The number of benzene rings is 2. The molecule has 0 saturated heterocycles. The number of thioether (sulfide) groups is 1. The van der Waals surface area contributed by atoms with Gasteiger partial charge in [0.1, 0.15) is 5.82 Å². The van der Waals surface area contributed by atoms with Gasteiger partial charge in [-0.15, -0.1) is 10.2 Å². The molecule has 0 spiro atoms. The minimum Gasteiger partial charge on any atom is -0.345 e. The molecule has 168 valence electrons. The van der Waals surface area contributed by atoms with Gasteiger partial charge in [-0.1, -0.05) is 29.5 Å². The van der Waals surface area contributed by atoms with Crippen molar-refractivity contribution in [1.29, 1.82) is 0 Å². The third-order valence-electron chi connectivity index (χ3n) is 4.90. The van der Waals surface area contributed by atoms with E-state index in [0.717, 1.165) is 22.4 Å². The fourth-order valence-corrected chi connectivity index (χ4v) is 4.24.